The number of nitrogens with one attached hydrogen (secondary N) is 1. The lowest BCUT2D eigenvalue weighted by molar-refractivity contribution is -0.121. The minimum Gasteiger partial charge on any atom is -0.504 e. The predicted molar refractivity (Wildman–Crippen MR) is 103 cm³/mol. The molecule has 1 aromatic heterocycles. The topological polar surface area (TPSA) is 74.7 Å². The summed E-state index contributed by atoms with van der Waals surface area (Å²) < 4.78 is 5.35. The van der Waals surface area contributed by atoms with Crippen molar-refractivity contribution in [1.82, 2.24) is 10.3 Å². The second-order valence-electron chi connectivity index (χ2n) is 6.46. The first-order valence-electron chi connectivity index (χ1n) is 8.38. The molecule has 0 spiro atoms. The molecule has 0 aliphatic carbocycles. The van der Waals surface area contributed by atoms with E-state index < -0.39 is 0 Å². The molecule has 0 fully saturated rings. The van der Waals surface area contributed by atoms with Gasteiger partial charge in [-0.25, -0.2) is 4.98 Å². The first-order valence-corrected chi connectivity index (χ1v) is 9.20. The molecule has 1 amide bonds. The number of hydrogen-bond acceptors (Lipinski definition) is 6. The van der Waals surface area contributed by atoms with Gasteiger partial charge in [-0.15, -0.1) is 17.9 Å². The Morgan fingerprint density at radius 3 is 2.92 bits per heavy atom. The number of anilines is 1. The van der Waals surface area contributed by atoms with Crippen LogP contribution in [0.25, 0.3) is 0 Å². The molecule has 0 saturated carbocycles. The van der Waals surface area contributed by atoms with Gasteiger partial charge in [-0.1, -0.05) is 12.1 Å². The van der Waals surface area contributed by atoms with Crippen LogP contribution in [0.2, 0.25) is 0 Å². The summed E-state index contributed by atoms with van der Waals surface area (Å²) in [4.78, 5) is 20.0. The first-order chi connectivity index (χ1) is 12.4. The fourth-order valence-electron chi connectivity index (χ4n) is 3.10. The normalized spacial score (nSPS) is 16.4. The number of amides is 1. The molecule has 2 N–H and O–H groups in total. The second-order valence-corrected chi connectivity index (χ2v) is 7.47. The van der Waals surface area contributed by atoms with Gasteiger partial charge in [0.05, 0.1) is 19.3 Å². The van der Waals surface area contributed by atoms with Gasteiger partial charge in [-0.05, 0) is 18.1 Å². The summed E-state index contributed by atoms with van der Waals surface area (Å²) in [7, 11) is 5.44. The maximum absolute atomic E-state index is 12.2. The van der Waals surface area contributed by atoms with Crippen molar-refractivity contribution in [1.29, 1.82) is 0 Å². The summed E-state index contributed by atoms with van der Waals surface area (Å²) in [5.74, 6) is 0.385. The van der Waals surface area contributed by atoms with Crippen molar-refractivity contribution in [3.63, 3.8) is 0 Å². The molecule has 1 aromatic carbocycles. The lowest BCUT2D eigenvalue weighted by atomic mass is 9.91. The highest BCUT2D eigenvalue weighted by atomic mass is 32.1. The van der Waals surface area contributed by atoms with Crippen LogP contribution in [-0.4, -0.2) is 37.2 Å². The Kier molecular flexibility index (Phi) is 5.18. The Bertz CT molecular complexity index is 845. The molecular weight excluding hydrogens is 350 g/mol. The van der Waals surface area contributed by atoms with Crippen molar-refractivity contribution < 1.29 is 14.6 Å². The molecule has 7 heteroatoms. The fourth-order valence-corrected chi connectivity index (χ4v) is 4.23. The number of phenols is 1. The zero-order valence-electron chi connectivity index (χ0n) is 15.2. The van der Waals surface area contributed by atoms with Crippen LogP contribution in [0, 0.1) is 0 Å². The van der Waals surface area contributed by atoms with Gasteiger partial charge >= 0.3 is 0 Å². The van der Waals surface area contributed by atoms with E-state index in [-0.39, 0.29) is 17.6 Å². The molecular formula is C19H23N3O3S. The van der Waals surface area contributed by atoms with Crippen LogP contribution in [0.3, 0.4) is 0 Å². The Morgan fingerprint density at radius 2 is 2.27 bits per heavy atom. The number of phenolic OH excluding ortho intramolecular Hbond substituents is 1. The summed E-state index contributed by atoms with van der Waals surface area (Å²) >= 11 is 1.60. The van der Waals surface area contributed by atoms with Crippen molar-refractivity contribution in [3.05, 3.63) is 46.5 Å². The highest BCUT2D eigenvalue weighted by molar-refractivity contribution is 7.15. The smallest absolute Gasteiger partial charge is 0.221 e. The number of ether oxygens (including phenoxy) is 1. The van der Waals surface area contributed by atoms with E-state index in [0.29, 0.717) is 25.1 Å². The molecule has 2 aromatic rings. The van der Waals surface area contributed by atoms with E-state index in [2.05, 4.69) is 16.9 Å². The van der Waals surface area contributed by atoms with E-state index >= 15 is 0 Å². The quantitative estimate of drug-likeness (QED) is 0.789. The lowest BCUT2D eigenvalue weighted by Crippen LogP contribution is -2.21. The number of aromatic nitrogens is 1. The number of nitrogens with zero attached hydrogens (tertiary/aromatic N) is 2. The zero-order chi connectivity index (χ0) is 18.8. The number of aromatic hydroxyl groups is 1. The van der Waals surface area contributed by atoms with Crippen LogP contribution < -0.4 is 15.0 Å². The number of carbonyl (C=O) groups excluding carboxylic acids is 1. The molecule has 1 atom stereocenters. The highest BCUT2D eigenvalue weighted by Gasteiger charge is 2.29. The second kappa shape index (κ2) is 7.37. The van der Waals surface area contributed by atoms with Crippen molar-refractivity contribution >= 4 is 22.4 Å². The standard InChI is InChI=1S/C19H23N3O3S/c1-5-6-11-7-12(8-15(25-4)17(11)24)13-9-16(23)20-10-14-18(13)26-19(21-14)22(2)3/h5,7-8,13,24H,1,6,9-10H2,2-4H3,(H,20,23). The average Bonchev–Trinajstić information content (AvgIpc) is 2.98. The average molecular weight is 373 g/mol. The monoisotopic (exact) mass is 373 g/mol. The van der Waals surface area contributed by atoms with Gasteiger partial charge in [-0.2, -0.15) is 0 Å². The maximum atomic E-state index is 12.2. The molecule has 0 saturated heterocycles. The number of benzene rings is 1. The fraction of sp³-hybridized carbons (Fsp3) is 0.368. The number of fused-ring (bicyclic) bond motifs is 1. The van der Waals surface area contributed by atoms with Crippen LogP contribution >= 0.6 is 11.3 Å². The largest absolute Gasteiger partial charge is 0.504 e. The van der Waals surface area contributed by atoms with E-state index in [4.69, 9.17) is 4.74 Å². The van der Waals surface area contributed by atoms with Crippen LogP contribution in [0.15, 0.2) is 24.8 Å². The highest BCUT2D eigenvalue weighted by Crippen LogP contribution is 2.42. The van der Waals surface area contributed by atoms with E-state index in [9.17, 15) is 9.90 Å². The van der Waals surface area contributed by atoms with Gasteiger partial charge in [0.15, 0.2) is 16.6 Å². The molecule has 1 aliphatic rings. The molecule has 1 aliphatic heterocycles. The molecule has 6 nitrogen and oxygen atoms in total. The van der Waals surface area contributed by atoms with E-state index in [1.54, 1.807) is 17.4 Å². The Morgan fingerprint density at radius 1 is 1.50 bits per heavy atom. The minimum atomic E-state index is -0.128. The van der Waals surface area contributed by atoms with Crippen molar-refractivity contribution in [3.8, 4) is 11.5 Å². The molecule has 0 bridgehead atoms. The van der Waals surface area contributed by atoms with Gasteiger partial charge in [0, 0.05) is 36.9 Å². The summed E-state index contributed by atoms with van der Waals surface area (Å²) in [6.07, 6.45) is 2.59. The van der Waals surface area contributed by atoms with E-state index in [0.717, 1.165) is 26.8 Å². The number of hydrogen-bond donors (Lipinski definition) is 2. The maximum Gasteiger partial charge on any atom is 0.221 e. The van der Waals surface area contributed by atoms with Gasteiger partial charge < -0.3 is 20.1 Å². The molecule has 0 radical (unpaired) electrons. The molecule has 1 unspecified atom stereocenters. The molecule has 2 heterocycles. The number of rotatable bonds is 5. The number of thiazole rings is 1. The summed E-state index contributed by atoms with van der Waals surface area (Å²) in [6.45, 7) is 4.19. The minimum absolute atomic E-state index is 0.0103. The third-order valence-corrected chi connectivity index (χ3v) is 5.80. The third-order valence-electron chi connectivity index (χ3n) is 4.42. The van der Waals surface area contributed by atoms with Gasteiger partial charge in [0.1, 0.15) is 0 Å². The van der Waals surface area contributed by atoms with Crippen LogP contribution in [0.5, 0.6) is 11.5 Å². The molecule has 138 valence electrons. The lowest BCUT2D eigenvalue weighted by Gasteiger charge is -2.18. The van der Waals surface area contributed by atoms with Crippen LogP contribution in [-0.2, 0) is 17.8 Å². The Hall–Kier alpha value is -2.54. The van der Waals surface area contributed by atoms with Crippen molar-refractivity contribution in [2.75, 3.05) is 26.1 Å². The van der Waals surface area contributed by atoms with Gasteiger partial charge in [0.25, 0.3) is 0 Å². The van der Waals surface area contributed by atoms with E-state index in [1.807, 2.05) is 31.1 Å². The van der Waals surface area contributed by atoms with Crippen LogP contribution in [0.1, 0.15) is 34.0 Å². The Balaban J connectivity index is 2.14. The third kappa shape index (κ3) is 3.39. The summed E-state index contributed by atoms with van der Waals surface area (Å²) in [5, 5.41) is 14.2. The van der Waals surface area contributed by atoms with Crippen molar-refractivity contribution in [2.24, 2.45) is 0 Å². The number of carbonyl (C=O) groups is 1. The van der Waals surface area contributed by atoms with Crippen molar-refractivity contribution in [2.45, 2.75) is 25.3 Å². The Labute approximate surface area is 157 Å². The predicted octanol–water partition coefficient (Wildman–Crippen LogP) is 2.80. The summed E-state index contributed by atoms with van der Waals surface area (Å²) in [6, 6.07) is 3.74. The SMILES string of the molecule is C=CCc1cc(C2CC(=O)NCc3nc(N(C)C)sc32)cc(OC)c1O. The number of allylic oxidation sites excluding steroid dienone is 1. The van der Waals surface area contributed by atoms with Crippen LogP contribution in [0.4, 0.5) is 5.13 Å². The number of methoxy groups -OCH3 is 1. The van der Waals surface area contributed by atoms with Gasteiger partial charge in [0.2, 0.25) is 5.91 Å². The molecule has 26 heavy (non-hydrogen) atoms. The first kappa shape index (κ1) is 18.3. The van der Waals surface area contributed by atoms with E-state index in [1.165, 1.54) is 7.11 Å². The molecule has 3 rings (SSSR count). The zero-order valence-corrected chi connectivity index (χ0v) is 16.0. The van der Waals surface area contributed by atoms with Gasteiger partial charge in [-0.3, -0.25) is 4.79 Å². The summed E-state index contributed by atoms with van der Waals surface area (Å²) in [5.41, 5.74) is 2.56.